The van der Waals surface area contributed by atoms with Crippen LogP contribution in [0.25, 0.3) is 11.6 Å². The molecule has 0 aliphatic heterocycles. The second-order valence-electron chi connectivity index (χ2n) is 4.88. The van der Waals surface area contributed by atoms with Crippen LogP contribution < -0.4 is 0 Å². The summed E-state index contributed by atoms with van der Waals surface area (Å²) in [7, 11) is 0. The van der Waals surface area contributed by atoms with Crippen molar-refractivity contribution in [2.75, 3.05) is 0 Å². The molecule has 0 fully saturated rings. The first-order valence-electron chi connectivity index (χ1n) is 7.12. The summed E-state index contributed by atoms with van der Waals surface area (Å²) in [4.78, 5) is 17.2. The predicted molar refractivity (Wildman–Crippen MR) is 89.3 cm³/mol. The van der Waals surface area contributed by atoms with Gasteiger partial charge in [0.1, 0.15) is 0 Å². The molecule has 0 aliphatic rings. The Morgan fingerprint density at radius 1 is 0.773 bits per heavy atom. The van der Waals surface area contributed by atoms with Gasteiger partial charge in [-0.25, -0.2) is 0 Å². The van der Waals surface area contributed by atoms with Gasteiger partial charge in [-0.3, -0.25) is 9.78 Å². The van der Waals surface area contributed by atoms with E-state index in [1.807, 2.05) is 84.9 Å². The van der Waals surface area contributed by atoms with E-state index in [9.17, 15) is 4.79 Å². The van der Waals surface area contributed by atoms with Crippen LogP contribution in [0.3, 0.4) is 0 Å². The molecule has 0 saturated heterocycles. The molecule has 0 aliphatic carbocycles. The van der Waals surface area contributed by atoms with E-state index < -0.39 is 0 Å². The van der Waals surface area contributed by atoms with Crippen molar-refractivity contribution in [3.8, 4) is 0 Å². The molecule has 3 rings (SSSR count). The lowest BCUT2D eigenvalue weighted by molar-refractivity contribution is 0.105. The predicted octanol–water partition coefficient (Wildman–Crippen LogP) is 4.51. The summed E-state index contributed by atoms with van der Waals surface area (Å²) in [6.07, 6.45) is 3.59. The number of aromatic nitrogens is 1. The van der Waals surface area contributed by atoms with E-state index >= 15 is 0 Å². The highest BCUT2D eigenvalue weighted by Gasteiger charge is 2.15. The van der Waals surface area contributed by atoms with E-state index in [0.717, 1.165) is 5.56 Å². The number of benzene rings is 2. The number of ketones is 1. The van der Waals surface area contributed by atoms with Gasteiger partial charge in [-0.05, 0) is 23.8 Å². The minimum absolute atomic E-state index is 0.0249. The third kappa shape index (κ3) is 3.18. The minimum Gasteiger partial charge on any atom is -0.289 e. The first-order chi connectivity index (χ1) is 10.8. The highest BCUT2D eigenvalue weighted by molar-refractivity contribution is 6.32. The van der Waals surface area contributed by atoms with Crippen LogP contribution in [0.15, 0.2) is 85.1 Å². The van der Waals surface area contributed by atoms with Gasteiger partial charge in [0.25, 0.3) is 0 Å². The van der Waals surface area contributed by atoms with Crippen molar-refractivity contribution in [3.05, 3.63) is 102 Å². The number of hydrogen-bond acceptors (Lipinski definition) is 2. The summed E-state index contributed by atoms with van der Waals surface area (Å²) in [6.45, 7) is 0. The molecule has 2 nitrogen and oxygen atoms in total. The molecule has 2 heteroatoms. The molecule has 0 saturated carbocycles. The Hall–Kier alpha value is -3.00. The molecule has 1 heterocycles. The maximum atomic E-state index is 12.8. The lowest BCUT2D eigenvalue weighted by Gasteiger charge is -2.07. The second kappa shape index (κ2) is 6.64. The normalized spacial score (nSPS) is 11.2. The highest BCUT2D eigenvalue weighted by Crippen LogP contribution is 2.21. The molecule has 106 valence electrons. The van der Waals surface area contributed by atoms with Gasteiger partial charge in [-0.2, -0.15) is 0 Å². The van der Waals surface area contributed by atoms with E-state index in [1.165, 1.54) is 0 Å². The fourth-order valence-corrected chi connectivity index (χ4v) is 2.24. The van der Waals surface area contributed by atoms with E-state index in [0.29, 0.717) is 16.8 Å². The van der Waals surface area contributed by atoms with Crippen molar-refractivity contribution < 1.29 is 4.79 Å². The van der Waals surface area contributed by atoms with Crippen LogP contribution in [0.2, 0.25) is 0 Å². The average molecular weight is 285 g/mol. The zero-order valence-electron chi connectivity index (χ0n) is 12.0. The van der Waals surface area contributed by atoms with Gasteiger partial charge in [-0.15, -0.1) is 0 Å². The number of hydrogen-bond donors (Lipinski definition) is 0. The Balaban J connectivity index is 2.08. The fraction of sp³-hybridized carbons (Fsp3) is 0. The fourth-order valence-electron chi connectivity index (χ4n) is 2.24. The molecule has 0 amide bonds. The first-order valence-corrected chi connectivity index (χ1v) is 7.12. The van der Waals surface area contributed by atoms with Crippen LogP contribution in [0.1, 0.15) is 21.6 Å². The Morgan fingerprint density at radius 3 is 2.05 bits per heavy atom. The molecule has 0 bridgehead atoms. The highest BCUT2D eigenvalue weighted by atomic mass is 16.1. The zero-order chi connectivity index (χ0) is 15.2. The van der Waals surface area contributed by atoms with E-state index in [2.05, 4.69) is 4.98 Å². The summed E-state index contributed by atoms with van der Waals surface area (Å²) in [6, 6.07) is 24.7. The standard InChI is InChI=1S/C20H15NO/c22-20(17-11-5-2-6-12-17)18(19-13-7-8-14-21-19)15-16-9-3-1-4-10-16/h1-15H/b18-15+. The van der Waals surface area contributed by atoms with Gasteiger partial charge in [0, 0.05) is 17.3 Å². The van der Waals surface area contributed by atoms with Crippen molar-refractivity contribution in [1.29, 1.82) is 0 Å². The van der Waals surface area contributed by atoms with E-state index in [1.54, 1.807) is 6.20 Å². The molecule has 1 aromatic heterocycles. The summed E-state index contributed by atoms with van der Waals surface area (Å²) in [5, 5.41) is 0. The van der Waals surface area contributed by atoms with Gasteiger partial charge in [0.2, 0.25) is 0 Å². The van der Waals surface area contributed by atoms with Crippen LogP contribution in [-0.2, 0) is 0 Å². The summed E-state index contributed by atoms with van der Waals surface area (Å²) >= 11 is 0. The maximum absolute atomic E-state index is 12.8. The van der Waals surface area contributed by atoms with Gasteiger partial charge >= 0.3 is 0 Å². The molecule has 0 unspecified atom stereocenters. The van der Waals surface area contributed by atoms with Crippen molar-refractivity contribution in [3.63, 3.8) is 0 Å². The van der Waals surface area contributed by atoms with E-state index in [-0.39, 0.29) is 5.78 Å². The molecular formula is C20H15NO. The number of pyridine rings is 1. The Bertz CT molecular complexity index is 778. The summed E-state index contributed by atoms with van der Waals surface area (Å²) in [5.41, 5.74) is 2.92. The number of carbonyl (C=O) groups excluding carboxylic acids is 1. The summed E-state index contributed by atoms with van der Waals surface area (Å²) < 4.78 is 0. The lowest BCUT2D eigenvalue weighted by atomic mass is 9.98. The van der Waals surface area contributed by atoms with Crippen molar-refractivity contribution in [2.24, 2.45) is 0 Å². The molecule has 22 heavy (non-hydrogen) atoms. The molecule has 3 aromatic rings. The van der Waals surface area contributed by atoms with Gasteiger partial charge in [0.05, 0.1) is 5.69 Å². The number of nitrogens with zero attached hydrogens (tertiary/aromatic N) is 1. The number of carbonyl (C=O) groups is 1. The lowest BCUT2D eigenvalue weighted by Crippen LogP contribution is -2.04. The van der Waals surface area contributed by atoms with Crippen molar-refractivity contribution >= 4 is 17.4 Å². The second-order valence-corrected chi connectivity index (χ2v) is 4.88. The van der Waals surface area contributed by atoms with E-state index in [4.69, 9.17) is 0 Å². The van der Waals surface area contributed by atoms with Gasteiger partial charge < -0.3 is 0 Å². The monoisotopic (exact) mass is 285 g/mol. The largest absolute Gasteiger partial charge is 0.289 e. The van der Waals surface area contributed by atoms with Crippen molar-refractivity contribution in [2.45, 2.75) is 0 Å². The van der Waals surface area contributed by atoms with Crippen LogP contribution in [0, 0.1) is 0 Å². The molecule has 0 radical (unpaired) electrons. The first kappa shape index (κ1) is 14.0. The number of Topliss-reactive ketones (excluding diaryl/α,β-unsaturated/α-hetero) is 1. The Morgan fingerprint density at radius 2 is 1.41 bits per heavy atom. The Kier molecular flexibility index (Phi) is 4.21. The number of rotatable bonds is 4. The molecular weight excluding hydrogens is 270 g/mol. The number of allylic oxidation sites excluding steroid dienone is 1. The topological polar surface area (TPSA) is 30.0 Å². The molecule has 0 spiro atoms. The smallest absolute Gasteiger partial charge is 0.195 e. The van der Waals surface area contributed by atoms with Crippen LogP contribution >= 0.6 is 0 Å². The maximum Gasteiger partial charge on any atom is 0.195 e. The Labute approximate surface area is 129 Å². The SMILES string of the molecule is O=C(/C(=C/c1ccccc1)c1ccccn1)c1ccccc1. The van der Waals surface area contributed by atoms with Gasteiger partial charge in [-0.1, -0.05) is 66.7 Å². The quantitative estimate of drug-likeness (QED) is 0.521. The third-order valence-corrected chi connectivity index (χ3v) is 3.33. The third-order valence-electron chi connectivity index (χ3n) is 3.33. The van der Waals surface area contributed by atoms with Crippen molar-refractivity contribution in [1.82, 2.24) is 4.98 Å². The van der Waals surface area contributed by atoms with Crippen LogP contribution in [-0.4, -0.2) is 10.8 Å². The zero-order valence-corrected chi connectivity index (χ0v) is 12.0. The van der Waals surface area contributed by atoms with Gasteiger partial charge in [0.15, 0.2) is 5.78 Å². The molecule has 0 N–H and O–H groups in total. The minimum atomic E-state index is -0.0249. The van der Waals surface area contributed by atoms with Crippen LogP contribution in [0.5, 0.6) is 0 Å². The summed E-state index contributed by atoms with van der Waals surface area (Å²) in [5.74, 6) is -0.0249. The van der Waals surface area contributed by atoms with Crippen LogP contribution in [0.4, 0.5) is 0 Å². The molecule has 2 aromatic carbocycles. The molecule has 0 atom stereocenters. The average Bonchev–Trinajstić information content (AvgIpc) is 2.61.